The third-order valence-corrected chi connectivity index (χ3v) is 6.92. The fraction of sp³-hybridized carbons (Fsp3) is 0.200. The van der Waals surface area contributed by atoms with Gasteiger partial charge in [0.05, 0.1) is 5.75 Å². The minimum atomic E-state index is -0.131. The van der Waals surface area contributed by atoms with Gasteiger partial charge in [-0.2, -0.15) is 0 Å². The van der Waals surface area contributed by atoms with E-state index >= 15 is 0 Å². The molecule has 4 rings (SSSR count). The number of hydrogen-bond acceptors (Lipinski definition) is 6. The van der Waals surface area contributed by atoms with E-state index in [1.54, 1.807) is 35.6 Å². The normalized spacial score (nSPS) is 10.8. The van der Waals surface area contributed by atoms with Gasteiger partial charge in [-0.25, -0.2) is 0 Å². The Morgan fingerprint density at radius 1 is 1.00 bits per heavy atom. The van der Waals surface area contributed by atoms with Gasteiger partial charge in [-0.15, -0.1) is 21.5 Å². The monoisotopic (exact) mass is 476 g/mol. The van der Waals surface area contributed by atoms with Crippen LogP contribution in [0.4, 0.5) is 5.69 Å². The number of benzene rings is 2. The Morgan fingerprint density at radius 3 is 2.48 bits per heavy atom. The average molecular weight is 477 g/mol. The lowest BCUT2D eigenvalue weighted by Gasteiger charge is -2.10. The summed E-state index contributed by atoms with van der Waals surface area (Å²) in [4.78, 5) is 25.1. The van der Waals surface area contributed by atoms with Gasteiger partial charge in [-0.1, -0.05) is 48.2 Å². The van der Waals surface area contributed by atoms with E-state index in [2.05, 4.69) is 43.7 Å². The summed E-state index contributed by atoms with van der Waals surface area (Å²) in [6.45, 7) is 2.26. The molecule has 2 aromatic carbocycles. The van der Waals surface area contributed by atoms with Gasteiger partial charge in [0, 0.05) is 29.1 Å². The maximum absolute atomic E-state index is 12.5. The lowest BCUT2D eigenvalue weighted by molar-refractivity contribution is -0.113. The molecule has 0 unspecified atom stereocenters. The lowest BCUT2D eigenvalue weighted by Crippen LogP contribution is -2.15. The van der Waals surface area contributed by atoms with E-state index in [-0.39, 0.29) is 17.4 Å². The number of hydrogen-bond donors (Lipinski definition) is 1. The van der Waals surface area contributed by atoms with Gasteiger partial charge in [-0.05, 0) is 54.6 Å². The highest BCUT2D eigenvalue weighted by Crippen LogP contribution is 2.22. The minimum absolute atomic E-state index is 0.00313. The molecular weight excluding hydrogens is 452 g/mol. The Morgan fingerprint density at radius 2 is 1.79 bits per heavy atom. The molecule has 2 heterocycles. The molecular formula is C25H24N4O2S2. The average Bonchev–Trinajstić information content (AvgIpc) is 3.47. The number of ketones is 1. The lowest BCUT2D eigenvalue weighted by atomic mass is 10.1. The Kier molecular flexibility index (Phi) is 7.70. The quantitative estimate of drug-likeness (QED) is 0.254. The molecule has 0 atom stereocenters. The highest BCUT2D eigenvalue weighted by atomic mass is 32.2. The van der Waals surface area contributed by atoms with Crippen LogP contribution in [0.5, 0.6) is 0 Å². The zero-order valence-electron chi connectivity index (χ0n) is 18.2. The van der Waals surface area contributed by atoms with Gasteiger partial charge < -0.3 is 9.88 Å². The fourth-order valence-corrected chi connectivity index (χ4v) is 4.84. The number of thioether (sulfide) groups is 1. The molecule has 0 radical (unpaired) electrons. The molecule has 1 N–H and O–H groups in total. The van der Waals surface area contributed by atoms with E-state index in [0.717, 1.165) is 23.9 Å². The SMILES string of the molecule is CC(=O)c1ccc(NC(=O)CSc2nnc(Cc3cccs3)n2CCc2ccccc2)cc1. The van der Waals surface area contributed by atoms with Gasteiger partial charge >= 0.3 is 0 Å². The molecule has 0 bridgehead atoms. The molecule has 4 aromatic rings. The van der Waals surface area contributed by atoms with E-state index in [4.69, 9.17) is 0 Å². The number of Topliss-reactive ketones (excluding diaryl/α,β-unsaturated/α-hetero) is 1. The number of amides is 1. The van der Waals surface area contributed by atoms with Crippen LogP contribution < -0.4 is 5.32 Å². The van der Waals surface area contributed by atoms with E-state index in [9.17, 15) is 9.59 Å². The van der Waals surface area contributed by atoms with Crippen LogP contribution in [0.1, 0.15) is 33.5 Å². The first-order chi connectivity index (χ1) is 16.1. The van der Waals surface area contributed by atoms with E-state index < -0.39 is 0 Å². The minimum Gasteiger partial charge on any atom is -0.325 e. The Labute approximate surface area is 201 Å². The molecule has 8 heteroatoms. The summed E-state index contributed by atoms with van der Waals surface area (Å²) in [5.74, 6) is 0.984. The largest absolute Gasteiger partial charge is 0.325 e. The van der Waals surface area contributed by atoms with Crippen molar-refractivity contribution in [3.8, 4) is 0 Å². The molecule has 0 aliphatic rings. The van der Waals surface area contributed by atoms with Crippen LogP contribution in [-0.4, -0.2) is 32.2 Å². The maximum atomic E-state index is 12.5. The summed E-state index contributed by atoms with van der Waals surface area (Å²) >= 11 is 3.08. The van der Waals surface area contributed by atoms with Crippen molar-refractivity contribution in [1.82, 2.24) is 14.8 Å². The third-order valence-electron chi connectivity index (χ3n) is 5.08. The summed E-state index contributed by atoms with van der Waals surface area (Å²) in [5.41, 5.74) is 2.53. The first-order valence-electron chi connectivity index (χ1n) is 10.6. The number of carbonyl (C=O) groups is 2. The van der Waals surface area contributed by atoms with Crippen LogP contribution in [0.3, 0.4) is 0 Å². The van der Waals surface area contributed by atoms with Crippen LogP contribution in [0.15, 0.2) is 77.3 Å². The maximum Gasteiger partial charge on any atom is 0.234 e. The van der Waals surface area contributed by atoms with Crippen molar-refractivity contribution < 1.29 is 9.59 Å². The number of aryl methyl sites for hydroxylation is 1. The number of anilines is 1. The Balaban J connectivity index is 1.42. The second-order valence-electron chi connectivity index (χ2n) is 7.51. The molecule has 33 heavy (non-hydrogen) atoms. The van der Waals surface area contributed by atoms with Crippen molar-refractivity contribution in [3.05, 3.63) is 93.9 Å². The highest BCUT2D eigenvalue weighted by molar-refractivity contribution is 7.99. The van der Waals surface area contributed by atoms with Gasteiger partial charge in [-0.3, -0.25) is 9.59 Å². The van der Waals surface area contributed by atoms with Gasteiger partial charge in [0.25, 0.3) is 0 Å². The summed E-state index contributed by atoms with van der Waals surface area (Å²) < 4.78 is 2.12. The number of carbonyl (C=O) groups excluding carboxylic acids is 2. The zero-order chi connectivity index (χ0) is 23.0. The van der Waals surface area contributed by atoms with E-state index in [1.165, 1.54) is 29.1 Å². The second kappa shape index (κ2) is 11.1. The van der Waals surface area contributed by atoms with Crippen LogP contribution in [0.2, 0.25) is 0 Å². The van der Waals surface area contributed by atoms with Gasteiger partial charge in [0.2, 0.25) is 5.91 Å². The van der Waals surface area contributed by atoms with Crippen molar-refractivity contribution in [2.24, 2.45) is 0 Å². The standard InChI is InChI=1S/C25H24N4O2S2/c1-18(30)20-9-11-21(12-10-20)26-24(31)17-33-25-28-27-23(16-22-8-5-15-32-22)29(25)14-13-19-6-3-2-4-7-19/h2-12,15H,13-14,16-17H2,1H3,(H,26,31). The molecule has 168 valence electrons. The van der Waals surface area contributed by atoms with Crippen LogP contribution in [-0.2, 0) is 24.2 Å². The number of thiophene rings is 1. The van der Waals surface area contributed by atoms with Crippen molar-refractivity contribution in [1.29, 1.82) is 0 Å². The molecule has 1 amide bonds. The topological polar surface area (TPSA) is 76.9 Å². The molecule has 0 saturated carbocycles. The van der Waals surface area contributed by atoms with E-state index in [1.807, 2.05) is 24.3 Å². The summed E-state index contributed by atoms with van der Waals surface area (Å²) in [7, 11) is 0. The highest BCUT2D eigenvalue weighted by Gasteiger charge is 2.15. The van der Waals surface area contributed by atoms with E-state index in [0.29, 0.717) is 17.7 Å². The molecule has 0 aliphatic carbocycles. The van der Waals surface area contributed by atoms with Crippen molar-refractivity contribution in [2.75, 3.05) is 11.1 Å². The predicted molar refractivity (Wildman–Crippen MR) is 133 cm³/mol. The summed E-state index contributed by atoms with van der Waals surface area (Å²) in [6.07, 6.45) is 1.58. The zero-order valence-corrected chi connectivity index (χ0v) is 19.9. The van der Waals surface area contributed by atoms with Gasteiger partial charge in [0.1, 0.15) is 5.82 Å². The number of aromatic nitrogens is 3. The number of nitrogens with zero attached hydrogens (tertiary/aromatic N) is 3. The second-order valence-corrected chi connectivity index (χ2v) is 9.49. The van der Waals surface area contributed by atoms with Crippen LogP contribution in [0, 0.1) is 0 Å². The Hall–Kier alpha value is -3.23. The molecule has 0 spiro atoms. The van der Waals surface area contributed by atoms with Gasteiger partial charge in [0.15, 0.2) is 10.9 Å². The van der Waals surface area contributed by atoms with Crippen molar-refractivity contribution >= 4 is 40.5 Å². The summed E-state index contributed by atoms with van der Waals surface area (Å²) in [6, 6.07) is 21.3. The van der Waals surface area contributed by atoms with Crippen molar-refractivity contribution in [3.63, 3.8) is 0 Å². The molecule has 0 fully saturated rings. The number of rotatable bonds is 10. The molecule has 2 aromatic heterocycles. The predicted octanol–water partition coefficient (Wildman–Crippen LogP) is 5.11. The fourth-order valence-electron chi connectivity index (χ4n) is 3.35. The first kappa shape index (κ1) is 22.9. The molecule has 0 saturated heterocycles. The summed E-state index contributed by atoms with van der Waals surface area (Å²) in [5, 5.41) is 14.5. The van der Waals surface area contributed by atoms with Crippen LogP contribution >= 0.6 is 23.1 Å². The Bertz CT molecular complexity index is 1200. The van der Waals surface area contributed by atoms with Crippen molar-refractivity contribution in [2.45, 2.75) is 31.5 Å². The third kappa shape index (κ3) is 6.40. The molecule has 6 nitrogen and oxygen atoms in total. The molecule has 0 aliphatic heterocycles. The van der Waals surface area contributed by atoms with Crippen LogP contribution in [0.25, 0.3) is 0 Å². The number of nitrogens with one attached hydrogen (secondary N) is 1. The smallest absolute Gasteiger partial charge is 0.234 e. The first-order valence-corrected chi connectivity index (χ1v) is 12.5.